The Morgan fingerprint density at radius 1 is 1.36 bits per heavy atom. The number of carbonyl (C=O) groups is 2. The van der Waals surface area contributed by atoms with Crippen LogP contribution in [0.2, 0.25) is 0 Å². The molecule has 2 aromatic rings. The van der Waals surface area contributed by atoms with Crippen LogP contribution in [0.1, 0.15) is 13.8 Å². The van der Waals surface area contributed by atoms with Crippen molar-refractivity contribution in [2.75, 3.05) is 13.2 Å². The number of carbonyl (C=O) groups excluding carboxylic acids is 2. The van der Waals surface area contributed by atoms with Gasteiger partial charge in [0.15, 0.2) is 12.6 Å². The first-order valence-corrected chi connectivity index (χ1v) is 7.26. The molecule has 1 fully saturated rings. The van der Waals surface area contributed by atoms with E-state index in [0.717, 1.165) is 16.7 Å². The fourth-order valence-electron chi connectivity index (χ4n) is 2.56. The number of hydrogen-bond donors (Lipinski definition) is 1. The second-order valence-corrected chi connectivity index (χ2v) is 5.58. The number of esters is 1. The van der Waals surface area contributed by atoms with Gasteiger partial charge in [-0.2, -0.15) is 0 Å². The average molecular weight is 302 g/mol. The van der Waals surface area contributed by atoms with Crippen LogP contribution in [-0.2, 0) is 14.3 Å². The van der Waals surface area contributed by atoms with Crippen molar-refractivity contribution in [1.82, 2.24) is 9.88 Å². The summed E-state index contributed by atoms with van der Waals surface area (Å²) in [5.74, 6) is -0.671. The van der Waals surface area contributed by atoms with Crippen LogP contribution in [0, 0.1) is 0 Å². The molecule has 6 heteroatoms. The second kappa shape index (κ2) is 5.81. The van der Waals surface area contributed by atoms with Crippen LogP contribution >= 0.6 is 0 Å². The van der Waals surface area contributed by atoms with Crippen LogP contribution in [0.15, 0.2) is 30.5 Å². The molecule has 3 rings (SSSR count). The maximum atomic E-state index is 11.7. The molecule has 1 aliphatic heterocycles. The summed E-state index contributed by atoms with van der Waals surface area (Å²) >= 11 is 0. The molecule has 1 radical (unpaired) electrons. The number of aromatic nitrogens is 1. The molecule has 1 N–H and O–H groups in total. The quantitative estimate of drug-likeness (QED) is 0.528. The van der Waals surface area contributed by atoms with E-state index in [1.165, 1.54) is 4.90 Å². The molecule has 0 spiro atoms. The largest absolute Gasteiger partial charge is 0.489 e. The van der Waals surface area contributed by atoms with E-state index in [4.69, 9.17) is 9.47 Å². The van der Waals surface area contributed by atoms with E-state index < -0.39 is 18.0 Å². The lowest BCUT2D eigenvalue weighted by molar-refractivity contribution is -0.169. The molecule has 0 aliphatic carbocycles. The first kappa shape index (κ1) is 14.6. The van der Waals surface area contributed by atoms with Crippen molar-refractivity contribution in [3.8, 4) is 5.75 Å². The Bertz CT molecular complexity index is 707. The third-order valence-electron chi connectivity index (χ3n) is 3.71. The molecule has 0 bridgehead atoms. The van der Waals surface area contributed by atoms with Gasteiger partial charge in [-0.1, -0.05) is 11.0 Å². The van der Waals surface area contributed by atoms with Gasteiger partial charge in [-0.3, -0.25) is 0 Å². The number of nitrogens with zero attached hydrogens (tertiary/aromatic N) is 1. The summed E-state index contributed by atoms with van der Waals surface area (Å²) in [6.45, 7) is 4.31. The lowest BCUT2D eigenvalue weighted by Crippen LogP contribution is -2.57. The van der Waals surface area contributed by atoms with Gasteiger partial charge < -0.3 is 14.5 Å². The topological polar surface area (TPSA) is 74.3 Å². The molecule has 0 saturated carbocycles. The molecule has 1 aromatic heterocycles. The number of rotatable bonds is 4. The fourth-order valence-corrected chi connectivity index (χ4v) is 2.56. The zero-order chi connectivity index (χ0) is 15.7. The minimum absolute atomic E-state index is 0.0454. The minimum atomic E-state index is -0.812. The van der Waals surface area contributed by atoms with Crippen molar-refractivity contribution in [1.29, 1.82) is 0 Å². The van der Waals surface area contributed by atoms with Crippen LogP contribution in [0.5, 0.6) is 5.75 Å². The molecule has 115 valence electrons. The van der Waals surface area contributed by atoms with E-state index in [1.54, 1.807) is 0 Å². The SMILES string of the molecule is CC(C)[N+]1CC(COc2cccc3[nH]ccc23)OC(=O)C1=O. The van der Waals surface area contributed by atoms with Crippen LogP contribution in [0.25, 0.3) is 10.9 Å². The molecular formula is C16H18N2O4+. The van der Waals surface area contributed by atoms with Crippen LogP contribution in [-0.4, -0.2) is 42.2 Å². The predicted molar refractivity (Wildman–Crippen MR) is 80.8 cm³/mol. The number of cyclic esters (lactones) is 1. The molecule has 1 aromatic carbocycles. The molecule has 1 unspecified atom stereocenters. The summed E-state index contributed by atoms with van der Waals surface area (Å²) in [6.07, 6.45) is 1.39. The number of ether oxygens (including phenoxy) is 2. The summed E-state index contributed by atoms with van der Waals surface area (Å²) in [5.41, 5.74) is 0.983. The fraction of sp³-hybridized carbons (Fsp3) is 0.375. The number of H-pyrrole nitrogens is 1. The summed E-state index contributed by atoms with van der Waals surface area (Å²) in [6, 6.07) is 7.61. The summed E-state index contributed by atoms with van der Waals surface area (Å²) in [5, 5.41) is 0.974. The Morgan fingerprint density at radius 2 is 2.18 bits per heavy atom. The van der Waals surface area contributed by atoms with E-state index >= 15 is 0 Å². The smallest absolute Gasteiger partial charge is 0.471 e. The normalized spacial score (nSPS) is 19.7. The lowest BCUT2D eigenvalue weighted by Gasteiger charge is -2.24. The van der Waals surface area contributed by atoms with Crippen LogP contribution in [0.4, 0.5) is 0 Å². The van der Waals surface area contributed by atoms with Crippen molar-refractivity contribution in [2.45, 2.75) is 26.0 Å². The molecule has 1 aliphatic rings. The number of fused-ring (bicyclic) bond motifs is 1. The highest BCUT2D eigenvalue weighted by Gasteiger charge is 2.46. The van der Waals surface area contributed by atoms with Gasteiger partial charge in [0.05, 0.1) is 0 Å². The van der Waals surface area contributed by atoms with Crippen LogP contribution in [0.3, 0.4) is 0 Å². The first-order chi connectivity index (χ1) is 10.6. The number of amides is 1. The van der Waals surface area contributed by atoms with Gasteiger partial charge in [0, 0.05) is 17.1 Å². The van der Waals surface area contributed by atoms with Gasteiger partial charge in [0.1, 0.15) is 18.4 Å². The van der Waals surface area contributed by atoms with Crippen molar-refractivity contribution in [2.24, 2.45) is 0 Å². The van der Waals surface area contributed by atoms with Crippen molar-refractivity contribution in [3.05, 3.63) is 30.5 Å². The first-order valence-electron chi connectivity index (χ1n) is 7.26. The Balaban J connectivity index is 1.70. The standard InChI is InChI=1S/C16H18N2O4/c1-10(2)18-8-11(22-16(20)15(18)19)9-21-14-5-3-4-13-12(14)6-7-17-13/h3-7,10-11,17H,8-9H2,1-2H3/q+1. The summed E-state index contributed by atoms with van der Waals surface area (Å²) < 4.78 is 10.9. The molecule has 1 saturated heterocycles. The van der Waals surface area contributed by atoms with Gasteiger partial charge in [-0.15, -0.1) is 0 Å². The number of hydrogen-bond acceptors (Lipinski definition) is 4. The summed E-state index contributed by atoms with van der Waals surface area (Å²) in [7, 11) is 0. The highest BCUT2D eigenvalue weighted by molar-refractivity contribution is 6.34. The van der Waals surface area contributed by atoms with Gasteiger partial charge in [0.25, 0.3) is 0 Å². The van der Waals surface area contributed by atoms with E-state index in [0.29, 0.717) is 6.54 Å². The number of benzene rings is 1. The highest BCUT2D eigenvalue weighted by atomic mass is 16.6. The average Bonchev–Trinajstić information content (AvgIpc) is 2.97. The van der Waals surface area contributed by atoms with Gasteiger partial charge >= 0.3 is 11.9 Å². The lowest BCUT2D eigenvalue weighted by atomic mass is 10.2. The zero-order valence-corrected chi connectivity index (χ0v) is 12.5. The minimum Gasteiger partial charge on any atom is -0.489 e. The van der Waals surface area contributed by atoms with E-state index in [9.17, 15) is 9.59 Å². The Kier molecular flexibility index (Phi) is 3.85. The third-order valence-corrected chi connectivity index (χ3v) is 3.71. The molecular weight excluding hydrogens is 284 g/mol. The monoisotopic (exact) mass is 302 g/mol. The van der Waals surface area contributed by atoms with E-state index in [2.05, 4.69) is 4.98 Å². The number of morpholine rings is 1. The molecule has 6 nitrogen and oxygen atoms in total. The number of nitrogens with one attached hydrogen (secondary N) is 1. The number of aromatic amines is 1. The second-order valence-electron chi connectivity index (χ2n) is 5.58. The Morgan fingerprint density at radius 3 is 2.95 bits per heavy atom. The molecule has 1 atom stereocenters. The van der Waals surface area contributed by atoms with Crippen molar-refractivity contribution >= 4 is 22.8 Å². The highest BCUT2D eigenvalue weighted by Crippen LogP contribution is 2.25. The molecule has 22 heavy (non-hydrogen) atoms. The molecule has 2 heterocycles. The Labute approximate surface area is 128 Å². The maximum absolute atomic E-state index is 11.7. The third kappa shape index (κ3) is 2.69. The van der Waals surface area contributed by atoms with Gasteiger partial charge in [0.2, 0.25) is 0 Å². The van der Waals surface area contributed by atoms with Crippen molar-refractivity contribution in [3.63, 3.8) is 0 Å². The van der Waals surface area contributed by atoms with Crippen molar-refractivity contribution < 1.29 is 19.1 Å². The van der Waals surface area contributed by atoms with E-state index in [1.807, 2.05) is 44.3 Å². The van der Waals surface area contributed by atoms with Gasteiger partial charge in [-0.05, 0) is 32.0 Å². The van der Waals surface area contributed by atoms with Gasteiger partial charge in [-0.25, -0.2) is 9.59 Å². The Hall–Kier alpha value is -2.34. The molecule has 1 amide bonds. The van der Waals surface area contributed by atoms with E-state index in [-0.39, 0.29) is 12.6 Å². The summed E-state index contributed by atoms with van der Waals surface area (Å²) in [4.78, 5) is 28.0. The maximum Gasteiger partial charge on any atom is 0.471 e. The zero-order valence-electron chi connectivity index (χ0n) is 12.5. The predicted octanol–water partition coefficient (Wildman–Crippen LogP) is 1.55. The van der Waals surface area contributed by atoms with Crippen LogP contribution < -0.4 is 9.64 Å².